The molecule has 1 saturated heterocycles. The van der Waals surface area contributed by atoms with Gasteiger partial charge in [-0.3, -0.25) is 0 Å². The van der Waals surface area contributed by atoms with Crippen LogP contribution in [0.1, 0.15) is 25.3 Å². The van der Waals surface area contributed by atoms with Gasteiger partial charge in [0.1, 0.15) is 0 Å². The van der Waals surface area contributed by atoms with Gasteiger partial charge in [-0.25, -0.2) is 0 Å². The lowest BCUT2D eigenvalue weighted by Gasteiger charge is -2.34. The molecule has 6 heteroatoms. The molecule has 1 atom stereocenters. The second-order valence-corrected chi connectivity index (χ2v) is 7.40. The molecule has 21 heavy (non-hydrogen) atoms. The highest BCUT2D eigenvalue weighted by molar-refractivity contribution is 7.86. The zero-order valence-electron chi connectivity index (χ0n) is 12.5. The van der Waals surface area contributed by atoms with Gasteiger partial charge in [0.05, 0.1) is 0 Å². The molecule has 1 aliphatic rings. The quantitative estimate of drug-likeness (QED) is 0.865. The maximum Gasteiger partial charge on any atom is 0.282 e. The molecular formula is C15H24N2O3S. The largest absolute Gasteiger partial charge is 0.396 e. The molecule has 2 rings (SSSR count). The van der Waals surface area contributed by atoms with Gasteiger partial charge in [0.25, 0.3) is 10.2 Å². The first-order valence-corrected chi connectivity index (χ1v) is 8.87. The van der Waals surface area contributed by atoms with Gasteiger partial charge in [-0.05, 0) is 24.3 Å². The molecule has 1 unspecified atom stereocenters. The van der Waals surface area contributed by atoms with Gasteiger partial charge in [-0.2, -0.15) is 17.0 Å². The number of benzene rings is 1. The van der Waals surface area contributed by atoms with E-state index in [1.54, 1.807) is 0 Å². The fraction of sp³-hybridized carbons (Fsp3) is 0.600. The number of hydrogen-bond acceptors (Lipinski definition) is 3. The molecule has 1 aromatic carbocycles. The lowest BCUT2D eigenvalue weighted by Crippen LogP contribution is -2.48. The summed E-state index contributed by atoms with van der Waals surface area (Å²) in [5, 5.41) is 9.27. The van der Waals surface area contributed by atoms with Crippen LogP contribution in [-0.4, -0.2) is 48.4 Å². The van der Waals surface area contributed by atoms with Gasteiger partial charge in [0, 0.05) is 32.8 Å². The van der Waals surface area contributed by atoms with Crippen molar-refractivity contribution in [2.75, 3.05) is 26.2 Å². The molecule has 5 nitrogen and oxygen atoms in total. The third-order valence-corrected chi connectivity index (χ3v) is 5.97. The summed E-state index contributed by atoms with van der Waals surface area (Å²) in [6.07, 6.45) is 1.71. The molecule has 0 radical (unpaired) electrons. The number of nitrogens with zero attached hydrogens (tertiary/aromatic N) is 2. The summed E-state index contributed by atoms with van der Waals surface area (Å²) in [6, 6.07) is 9.62. The van der Waals surface area contributed by atoms with Crippen LogP contribution in [-0.2, 0) is 16.8 Å². The van der Waals surface area contributed by atoms with E-state index >= 15 is 0 Å². The Hall–Kier alpha value is -0.950. The predicted molar refractivity (Wildman–Crippen MR) is 82.8 cm³/mol. The Balaban J connectivity index is 2.12. The Kier molecular flexibility index (Phi) is 5.75. The summed E-state index contributed by atoms with van der Waals surface area (Å²) >= 11 is 0. The maximum absolute atomic E-state index is 12.8. The van der Waals surface area contributed by atoms with Gasteiger partial charge in [-0.15, -0.1) is 0 Å². The van der Waals surface area contributed by atoms with Gasteiger partial charge in [0.2, 0.25) is 0 Å². The Labute approximate surface area is 127 Å². The van der Waals surface area contributed by atoms with Crippen LogP contribution in [0.3, 0.4) is 0 Å². The van der Waals surface area contributed by atoms with Crippen molar-refractivity contribution in [1.82, 2.24) is 8.61 Å². The van der Waals surface area contributed by atoms with E-state index in [9.17, 15) is 13.5 Å². The van der Waals surface area contributed by atoms with E-state index in [-0.39, 0.29) is 12.5 Å². The van der Waals surface area contributed by atoms with Crippen LogP contribution in [0.4, 0.5) is 0 Å². The van der Waals surface area contributed by atoms with Gasteiger partial charge in [-0.1, -0.05) is 37.3 Å². The standard InChI is InChI=1S/C15H24N2O3S/c1-2-16(11-14-7-4-3-5-8-14)21(19,20)17-10-6-9-15(12-17)13-18/h3-5,7-8,15,18H,2,6,9-13H2,1H3. The van der Waals surface area contributed by atoms with E-state index in [2.05, 4.69) is 0 Å². The Morgan fingerprint density at radius 3 is 2.67 bits per heavy atom. The lowest BCUT2D eigenvalue weighted by atomic mass is 10.0. The highest BCUT2D eigenvalue weighted by atomic mass is 32.2. The van der Waals surface area contributed by atoms with Gasteiger partial charge < -0.3 is 5.11 Å². The van der Waals surface area contributed by atoms with Crippen molar-refractivity contribution in [2.24, 2.45) is 5.92 Å². The molecule has 0 spiro atoms. The van der Waals surface area contributed by atoms with E-state index in [0.29, 0.717) is 26.2 Å². The summed E-state index contributed by atoms with van der Waals surface area (Å²) in [4.78, 5) is 0. The van der Waals surface area contributed by atoms with Crippen molar-refractivity contribution in [1.29, 1.82) is 0 Å². The maximum atomic E-state index is 12.8. The van der Waals surface area contributed by atoms with Crippen molar-refractivity contribution in [3.05, 3.63) is 35.9 Å². The smallest absolute Gasteiger partial charge is 0.282 e. The number of piperidine rings is 1. The van der Waals surface area contributed by atoms with Crippen LogP contribution in [0.2, 0.25) is 0 Å². The molecule has 0 saturated carbocycles. The van der Waals surface area contributed by atoms with E-state index < -0.39 is 10.2 Å². The molecule has 0 aromatic heterocycles. The first kappa shape index (κ1) is 16.4. The lowest BCUT2D eigenvalue weighted by molar-refractivity contribution is 0.160. The average molecular weight is 312 g/mol. The Morgan fingerprint density at radius 1 is 1.33 bits per heavy atom. The molecule has 0 amide bonds. The third kappa shape index (κ3) is 4.03. The SMILES string of the molecule is CCN(Cc1ccccc1)S(=O)(=O)N1CCCC(CO)C1. The summed E-state index contributed by atoms with van der Waals surface area (Å²) in [5.74, 6) is 0.0592. The number of rotatable bonds is 6. The molecular weight excluding hydrogens is 288 g/mol. The van der Waals surface area contributed by atoms with Gasteiger partial charge >= 0.3 is 0 Å². The molecule has 1 N–H and O–H groups in total. The second-order valence-electron chi connectivity index (χ2n) is 5.47. The molecule has 0 bridgehead atoms. The van der Waals surface area contributed by atoms with E-state index in [1.165, 1.54) is 8.61 Å². The highest BCUT2D eigenvalue weighted by Crippen LogP contribution is 2.21. The number of hydrogen-bond donors (Lipinski definition) is 1. The fourth-order valence-corrected chi connectivity index (χ4v) is 4.42. The summed E-state index contributed by atoms with van der Waals surface area (Å²) in [7, 11) is -3.46. The van der Waals surface area contributed by atoms with E-state index in [0.717, 1.165) is 18.4 Å². The Bertz CT molecular complexity index is 533. The molecule has 1 aliphatic heterocycles. The van der Waals surface area contributed by atoms with Crippen molar-refractivity contribution < 1.29 is 13.5 Å². The first-order chi connectivity index (χ1) is 10.1. The van der Waals surface area contributed by atoms with E-state index in [1.807, 2.05) is 37.3 Å². The van der Waals surface area contributed by atoms with Crippen LogP contribution < -0.4 is 0 Å². The third-order valence-electron chi connectivity index (χ3n) is 3.95. The normalized spacial score (nSPS) is 20.8. The van der Waals surface area contributed by atoms with Crippen molar-refractivity contribution in [3.8, 4) is 0 Å². The van der Waals surface area contributed by atoms with Crippen molar-refractivity contribution in [3.63, 3.8) is 0 Å². The Morgan fingerprint density at radius 2 is 2.05 bits per heavy atom. The van der Waals surface area contributed by atoms with Crippen LogP contribution >= 0.6 is 0 Å². The molecule has 1 aromatic rings. The fourth-order valence-electron chi connectivity index (χ4n) is 2.69. The zero-order valence-corrected chi connectivity index (χ0v) is 13.3. The monoisotopic (exact) mass is 312 g/mol. The van der Waals surface area contributed by atoms with Crippen LogP contribution in [0.5, 0.6) is 0 Å². The van der Waals surface area contributed by atoms with Crippen molar-refractivity contribution >= 4 is 10.2 Å². The highest BCUT2D eigenvalue weighted by Gasteiger charge is 2.32. The summed E-state index contributed by atoms with van der Waals surface area (Å²) < 4.78 is 28.5. The van der Waals surface area contributed by atoms with Crippen LogP contribution in [0.15, 0.2) is 30.3 Å². The molecule has 0 aliphatic carbocycles. The zero-order chi connectivity index (χ0) is 15.3. The van der Waals surface area contributed by atoms with Crippen LogP contribution in [0, 0.1) is 5.92 Å². The van der Waals surface area contributed by atoms with Crippen LogP contribution in [0.25, 0.3) is 0 Å². The second kappa shape index (κ2) is 7.35. The first-order valence-electron chi connectivity index (χ1n) is 7.48. The van der Waals surface area contributed by atoms with E-state index in [4.69, 9.17) is 0 Å². The van der Waals surface area contributed by atoms with Gasteiger partial charge in [0.15, 0.2) is 0 Å². The predicted octanol–water partition coefficient (Wildman–Crippen LogP) is 1.46. The minimum atomic E-state index is -3.46. The number of aliphatic hydroxyl groups is 1. The molecule has 1 heterocycles. The summed E-state index contributed by atoms with van der Waals surface area (Å²) in [6.45, 7) is 3.70. The van der Waals surface area contributed by atoms with Crippen molar-refractivity contribution in [2.45, 2.75) is 26.3 Å². The average Bonchev–Trinajstić information content (AvgIpc) is 2.53. The number of aliphatic hydroxyl groups excluding tert-OH is 1. The molecule has 118 valence electrons. The topological polar surface area (TPSA) is 60.9 Å². The minimum absolute atomic E-state index is 0.0524. The molecule has 1 fully saturated rings. The minimum Gasteiger partial charge on any atom is -0.396 e. The summed E-state index contributed by atoms with van der Waals surface area (Å²) in [5.41, 5.74) is 0.985.